The number of esters is 1. The van der Waals surface area contributed by atoms with Crippen LogP contribution in [0.4, 0.5) is 8.78 Å². The molecule has 0 aromatic heterocycles. The normalized spacial score (nSPS) is 10.9. The van der Waals surface area contributed by atoms with Crippen molar-refractivity contribution in [2.45, 2.75) is 104 Å². The number of carbonyl (C=O) groups excluding carboxylic acids is 1. The van der Waals surface area contributed by atoms with E-state index in [0.29, 0.717) is 19.0 Å². The van der Waals surface area contributed by atoms with E-state index in [1.807, 2.05) is 0 Å². The summed E-state index contributed by atoms with van der Waals surface area (Å²) in [4.78, 5) is 12.4. The number of halogens is 2. The zero-order valence-corrected chi connectivity index (χ0v) is 22.7. The second-order valence-electron chi connectivity index (χ2n) is 9.54. The van der Waals surface area contributed by atoms with Crippen LogP contribution in [0.3, 0.4) is 0 Å². The van der Waals surface area contributed by atoms with E-state index in [-0.39, 0.29) is 11.5 Å². The molecule has 0 aliphatic carbocycles. The predicted molar refractivity (Wildman–Crippen MR) is 145 cm³/mol. The number of carbonyl (C=O) groups is 1. The van der Waals surface area contributed by atoms with Gasteiger partial charge in [-0.15, -0.1) is 0 Å². The van der Waals surface area contributed by atoms with E-state index < -0.39 is 23.2 Å². The maximum absolute atomic E-state index is 14.5. The molecular weight excluding hydrogens is 474 g/mol. The minimum atomic E-state index is -1.27. The predicted octanol–water partition coefficient (Wildman–Crippen LogP) is 9.44. The van der Waals surface area contributed by atoms with Crippen LogP contribution in [0.1, 0.15) is 114 Å². The van der Waals surface area contributed by atoms with Crippen molar-refractivity contribution in [1.82, 2.24) is 0 Å². The van der Waals surface area contributed by atoms with Crippen molar-refractivity contribution in [3.8, 4) is 17.2 Å². The summed E-state index contributed by atoms with van der Waals surface area (Å²) in [6, 6.07) is 9.01. The van der Waals surface area contributed by atoms with Gasteiger partial charge in [0.05, 0.1) is 18.8 Å². The summed E-state index contributed by atoms with van der Waals surface area (Å²) in [5.41, 5.74) is -0.473. The van der Waals surface area contributed by atoms with Crippen LogP contribution in [0.15, 0.2) is 36.4 Å². The molecule has 0 saturated carbocycles. The highest BCUT2D eigenvalue weighted by Gasteiger charge is 2.21. The second-order valence-corrected chi connectivity index (χ2v) is 9.54. The number of rotatable bonds is 20. The molecular formula is C31H44F2O4. The molecule has 0 atom stereocenters. The Morgan fingerprint density at radius 2 is 1.08 bits per heavy atom. The lowest BCUT2D eigenvalue weighted by atomic mass is 10.1. The van der Waals surface area contributed by atoms with Crippen molar-refractivity contribution in [3.63, 3.8) is 0 Å². The lowest BCUT2D eigenvalue weighted by molar-refractivity contribution is 0.0728. The Labute approximate surface area is 221 Å². The molecule has 2 aromatic carbocycles. The molecule has 0 radical (unpaired) electrons. The van der Waals surface area contributed by atoms with Crippen molar-refractivity contribution in [3.05, 3.63) is 53.6 Å². The SMILES string of the molecule is CCCCCCCCCCOc1ccc(OC(=O)c2ccc(OCCCCCCCC)c(F)c2F)cc1. The van der Waals surface area contributed by atoms with E-state index in [0.717, 1.165) is 32.1 Å². The summed E-state index contributed by atoms with van der Waals surface area (Å²) in [6.07, 6.45) is 16.3. The molecule has 2 aromatic rings. The van der Waals surface area contributed by atoms with Crippen LogP contribution in [0.5, 0.6) is 17.2 Å². The van der Waals surface area contributed by atoms with E-state index in [1.165, 1.54) is 69.9 Å². The summed E-state index contributed by atoms with van der Waals surface area (Å²) in [7, 11) is 0. The number of hydrogen-bond acceptors (Lipinski definition) is 4. The van der Waals surface area contributed by atoms with Gasteiger partial charge in [-0.05, 0) is 49.2 Å². The summed E-state index contributed by atoms with van der Waals surface area (Å²) >= 11 is 0. The summed E-state index contributed by atoms with van der Waals surface area (Å²) in [5, 5.41) is 0. The van der Waals surface area contributed by atoms with Gasteiger partial charge in [-0.25, -0.2) is 9.18 Å². The average Bonchev–Trinajstić information content (AvgIpc) is 2.90. The van der Waals surface area contributed by atoms with Crippen LogP contribution >= 0.6 is 0 Å². The minimum absolute atomic E-state index is 0.194. The molecule has 0 unspecified atom stereocenters. The lowest BCUT2D eigenvalue weighted by Crippen LogP contribution is -2.12. The Bertz CT molecular complexity index is 899. The highest BCUT2D eigenvalue weighted by Crippen LogP contribution is 2.25. The van der Waals surface area contributed by atoms with E-state index in [1.54, 1.807) is 24.3 Å². The summed E-state index contributed by atoms with van der Waals surface area (Å²) in [6.45, 7) is 5.32. The van der Waals surface area contributed by atoms with Crippen molar-refractivity contribution in [2.24, 2.45) is 0 Å². The Hall–Kier alpha value is -2.63. The maximum atomic E-state index is 14.5. The smallest absolute Gasteiger partial charge is 0.346 e. The first-order valence-electron chi connectivity index (χ1n) is 14.1. The fourth-order valence-corrected chi connectivity index (χ4v) is 4.06. The molecule has 4 nitrogen and oxygen atoms in total. The first-order valence-corrected chi connectivity index (χ1v) is 14.1. The van der Waals surface area contributed by atoms with Crippen molar-refractivity contribution in [2.75, 3.05) is 13.2 Å². The molecule has 0 fully saturated rings. The van der Waals surface area contributed by atoms with Crippen LogP contribution in [-0.2, 0) is 0 Å². The molecule has 0 aliphatic rings. The third-order valence-corrected chi connectivity index (χ3v) is 6.32. The highest BCUT2D eigenvalue weighted by molar-refractivity contribution is 5.91. The van der Waals surface area contributed by atoms with Gasteiger partial charge in [0.2, 0.25) is 5.82 Å². The van der Waals surface area contributed by atoms with E-state index >= 15 is 0 Å². The molecule has 0 aliphatic heterocycles. The summed E-state index contributed by atoms with van der Waals surface area (Å²) in [5.74, 6) is -2.70. The number of ether oxygens (including phenoxy) is 3. The Morgan fingerprint density at radius 3 is 1.65 bits per heavy atom. The summed E-state index contributed by atoms with van der Waals surface area (Å²) < 4.78 is 45.3. The van der Waals surface area contributed by atoms with Crippen LogP contribution < -0.4 is 14.2 Å². The Kier molecular flexibility index (Phi) is 15.4. The van der Waals surface area contributed by atoms with Crippen LogP contribution in [0.2, 0.25) is 0 Å². The first kappa shape index (κ1) is 30.6. The average molecular weight is 519 g/mol. The molecule has 0 N–H and O–H groups in total. The van der Waals surface area contributed by atoms with Crippen molar-refractivity contribution in [1.29, 1.82) is 0 Å². The number of hydrogen-bond donors (Lipinski definition) is 0. The Balaban J connectivity index is 1.73. The fraction of sp³-hybridized carbons (Fsp3) is 0.581. The van der Waals surface area contributed by atoms with Crippen molar-refractivity contribution < 1.29 is 27.8 Å². The van der Waals surface area contributed by atoms with Gasteiger partial charge in [0, 0.05) is 0 Å². The fourth-order valence-electron chi connectivity index (χ4n) is 4.06. The molecule has 6 heteroatoms. The van der Waals surface area contributed by atoms with Gasteiger partial charge >= 0.3 is 5.97 Å². The molecule has 2 rings (SSSR count). The van der Waals surface area contributed by atoms with Gasteiger partial charge in [-0.3, -0.25) is 0 Å². The van der Waals surface area contributed by atoms with Gasteiger partial charge in [0.15, 0.2) is 11.6 Å². The van der Waals surface area contributed by atoms with Gasteiger partial charge in [0.25, 0.3) is 0 Å². The third-order valence-electron chi connectivity index (χ3n) is 6.32. The maximum Gasteiger partial charge on any atom is 0.346 e. The molecule has 37 heavy (non-hydrogen) atoms. The number of benzene rings is 2. The van der Waals surface area contributed by atoms with Crippen molar-refractivity contribution >= 4 is 5.97 Å². The quantitative estimate of drug-likeness (QED) is 0.0995. The molecule has 0 amide bonds. The Morgan fingerprint density at radius 1 is 0.595 bits per heavy atom. The molecule has 206 valence electrons. The lowest BCUT2D eigenvalue weighted by Gasteiger charge is -2.11. The molecule has 0 spiro atoms. The van der Waals surface area contributed by atoms with E-state index in [2.05, 4.69) is 13.8 Å². The third kappa shape index (κ3) is 12.0. The van der Waals surface area contributed by atoms with E-state index in [9.17, 15) is 13.6 Å². The van der Waals surface area contributed by atoms with Gasteiger partial charge in [-0.2, -0.15) is 4.39 Å². The van der Waals surface area contributed by atoms with Crippen LogP contribution in [0, 0.1) is 11.6 Å². The van der Waals surface area contributed by atoms with Gasteiger partial charge in [0.1, 0.15) is 11.5 Å². The highest BCUT2D eigenvalue weighted by atomic mass is 19.2. The zero-order chi connectivity index (χ0) is 26.7. The molecule has 0 bridgehead atoms. The second kappa shape index (κ2) is 18.6. The monoisotopic (exact) mass is 518 g/mol. The standard InChI is InChI=1S/C31H44F2O4/c1-3-5-7-9-11-12-14-15-23-35-25-17-19-26(20-18-25)37-31(34)27-21-22-28(30(33)29(27)32)36-24-16-13-10-8-6-4-2/h17-22H,3-16,23-24H2,1-2H3. The topological polar surface area (TPSA) is 44.8 Å². The molecule has 0 saturated heterocycles. The number of unbranched alkanes of at least 4 members (excludes halogenated alkanes) is 12. The van der Waals surface area contributed by atoms with Crippen LogP contribution in [0.25, 0.3) is 0 Å². The van der Waals surface area contributed by atoms with Gasteiger partial charge in [-0.1, -0.05) is 90.9 Å². The molecule has 0 heterocycles. The van der Waals surface area contributed by atoms with E-state index in [4.69, 9.17) is 14.2 Å². The minimum Gasteiger partial charge on any atom is -0.494 e. The largest absolute Gasteiger partial charge is 0.494 e. The van der Waals surface area contributed by atoms with Crippen LogP contribution in [-0.4, -0.2) is 19.2 Å². The van der Waals surface area contributed by atoms with Gasteiger partial charge < -0.3 is 14.2 Å². The first-order chi connectivity index (χ1) is 18.1. The zero-order valence-electron chi connectivity index (χ0n) is 22.7.